The van der Waals surface area contributed by atoms with Crippen LogP contribution in [0.4, 0.5) is 15.9 Å². The summed E-state index contributed by atoms with van der Waals surface area (Å²) in [5, 5.41) is 5.85. The molecule has 0 atom stereocenters. The van der Waals surface area contributed by atoms with Crippen LogP contribution < -0.4 is 10.6 Å². The molecule has 0 aliphatic rings. The number of pyridine rings is 1. The fourth-order valence-corrected chi connectivity index (χ4v) is 1.85. The van der Waals surface area contributed by atoms with Gasteiger partial charge in [-0.1, -0.05) is 25.1 Å². The molecule has 4 nitrogen and oxygen atoms in total. The monoisotopic (exact) mass is 287 g/mol. The Kier molecular flexibility index (Phi) is 5.26. The van der Waals surface area contributed by atoms with E-state index in [1.165, 1.54) is 6.07 Å². The van der Waals surface area contributed by atoms with Crippen LogP contribution in [0.3, 0.4) is 0 Å². The summed E-state index contributed by atoms with van der Waals surface area (Å²) in [6, 6.07) is 10.3. The second-order valence-electron chi connectivity index (χ2n) is 4.60. The predicted octanol–water partition coefficient (Wildman–Crippen LogP) is 3.22. The fourth-order valence-electron chi connectivity index (χ4n) is 1.85. The van der Waals surface area contributed by atoms with E-state index in [9.17, 15) is 9.18 Å². The van der Waals surface area contributed by atoms with Crippen LogP contribution in [0.15, 0.2) is 42.6 Å². The first-order valence-electron chi connectivity index (χ1n) is 6.92. The van der Waals surface area contributed by atoms with Crippen LogP contribution in [0.5, 0.6) is 0 Å². The number of rotatable bonds is 6. The van der Waals surface area contributed by atoms with Gasteiger partial charge in [0.1, 0.15) is 11.6 Å². The summed E-state index contributed by atoms with van der Waals surface area (Å²) in [5.74, 6) is 0.461. The number of nitrogens with zero attached hydrogens (tertiary/aromatic N) is 1. The highest BCUT2D eigenvalue weighted by molar-refractivity contribution is 5.90. The van der Waals surface area contributed by atoms with Gasteiger partial charge in [-0.2, -0.15) is 0 Å². The maximum atomic E-state index is 13.4. The van der Waals surface area contributed by atoms with E-state index in [2.05, 4.69) is 15.6 Å². The highest BCUT2D eigenvalue weighted by atomic mass is 19.1. The Morgan fingerprint density at radius 1 is 1.24 bits per heavy atom. The van der Waals surface area contributed by atoms with Crippen molar-refractivity contribution >= 4 is 17.4 Å². The molecular formula is C16H18FN3O. The number of benzene rings is 1. The van der Waals surface area contributed by atoms with Crippen LogP contribution in [-0.4, -0.2) is 17.4 Å². The smallest absolute Gasteiger partial charge is 0.224 e. The summed E-state index contributed by atoms with van der Waals surface area (Å²) in [6.45, 7) is 2.38. The van der Waals surface area contributed by atoms with Gasteiger partial charge >= 0.3 is 0 Å². The summed E-state index contributed by atoms with van der Waals surface area (Å²) in [6.07, 6.45) is 2.62. The number of carbonyl (C=O) groups is 1. The second-order valence-corrected chi connectivity index (χ2v) is 4.60. The standard InChI is InChI=1S/C16H18FN3O/c1-2-16(21)20-13-7-8-15(19-11-13)18-10-9-12-5-3-4-6-14(12)17/h3-8,11H,2,9-10H2,1H3,(H,18,19)(H,20,21). The van der Waals surface area contributed by atoms with Crippen LogP contribution >= 0.6 is 0 Å². The first-order valence-corrected chi connectivity index (χ1v) is 6.92. The molecule has 110 valence electrons. The van der Waals surface area contributed by atoms with E-state index in [0.29, 0.717) is 36.5 Å². The third-order valence-electron chi connectivity index (χ3n) is 3.03. The minimum absolute atomic E-state index is 0.0444. The molecule has 0 saturated carbocycles. The molecule has 1 aromatic heterocycles. The van der Waals surface area contributed by atoms with Gasteiger partial charge in [-0.3, -0.25) is 4.79 Å². The van der Waals surface area contributed by atoms with Crippen LogP contribution in [0.25, 0.3) is 0 Å². The lowest BCUT2D eigenvalue weighted by Gasteiger charge is -2.08. The van der Waals surface area contributed by atoms with Crippen molar-refractivity contribution in [3.05, 3.63) is 54.0 Å². The third-order valence-corrected chi connectivity index (χ3v) is 3.03. The Labute approximate surface area is 123 Å². The van der Waals surface area contributed by atoms with Gasteiger partial charge < -0.3 is 10.6 Å². The van der Waals surface area contributed by atoms with Gasteiger partial charge in [0.2, 0.25) is 5.91 Å². The van der Waals surface area contributed by atoms with Gasteiger partial charge in [-0.15, -0.1) is 0 Å². The zero-order chi connectivity index (χ0) is 15.1. The lowest BCUT2D eigenvalue weighted by Crippen LogP contribution is -2.10. The van der Waals surface area contributed by atoms with E-state index >= 15 is 0 Å². The number of anilines is 2. The van der Waals surface area contributed by atoms with Crippen molar-refractivity contribution in [1.82, 2.24) is 4.98 Å². The van der Waals surface area contributed by atoms with Gasteiger partial charge in [-0.25, -0.2) is 9.37 Å². The average molecular weight is 287 g/mol. The molecule has 1 heterocycles. The molecular weight excluding hydrogens is 269 g/mol. The van der Waals surface area contributed by atoms with Crippen molar-refractivity contribution in [3.8, 4) is 0 Å². The van der Waals surface area contributed by atoms with E-state index in [4.69, 9.17) is 0 Å². The highest BCUT2D eigenvalue weighted by Gasteiger charge is 2.02. The van der Waals surface area contributed by atoms with Gasteiger partial charge in [0.15, 0.2) is 0 Å². The van der Waals surface area contributed by atoms with E-state index in [1.807, 2.05) is 6.07 Å². The lowest BCUT2D eigenvalue weighted by atomic mass is 10.1. The first-order chi connectivity index (χ1) is 10.2. The molecule has 0 saturated heterocycles. The molecule has 0 aliphatic carbocycles. The topological polar surface area (TPSA) is 54.0 Å². The molecule has 0 unspecified atom stereocenters. The second kappa shape index (κ2) is 7.38. The molecule has 21 heavy (non-hydrogen) atoms. The van der Waals surface area contributed by atoms with E-state index < -0.39 is 0 Å². The summed E-state index contributed by atoms with van der Waals surface area (Å²) < 4.78 is 13.4. The van der Waals surface area contributed by atoms with Crippen molar-refractivity contribution in [2.75, 3.05) is 17.2 Å². The number of nitrogens with one attached hydrogen (secondary N) is 2. The molecule has 5 heteroatoms. The third kappa shape index (κ3) is 4.56. The van der Waals surface area contributed by atoms with Crippen LogP contribution in [-0.2, 0) is 11.2 Å². The number of halogens is 1. The largest absolute Gasteiger partial charge is 0.370 e. The lowest BCUT2D eigenvalue weighted by molar-refractivity contribution is -0.115. The zero-order valence-electron chi connectivity index (χ0n) is 11.9. The van der Waals surface area contributed by atoms with Crippen molar-refractivity contribution in [1.29, 1.82) is 0 Å². The zero-order valence-corrected chi connectivity index (χ0v) is 11.9. The van der Waals surface area contributed by atoms with E-state index in [-0.39, 0.29) is 11.7 Å². The molecule has 1 amide bonds. The van der Waals surface area contributed by atoms with Crippen molar-refractivity contribution in [3.63, 3.8) is 0 Å². The molecule has 0 spiro atoms. The Hall–Kier alpha value is -2.43. The number of aromatic nitrogens is 1. The summed E-state index contributed by atoms with van der Waals surface area (Å²) >= 11 is 0. The molecule has 1 aromatic carbocycles. The van der Waals surface area contributed by atoms with Crippen molar-refractivity contribution in [2.24, 2.45) is 0 Å². The quantitative estimate of drug-likeness (QED) is 0.857. The molecule has 0 radical (unpaired) electrons. The van der Waals surface area contributed by atoms with Crippen molar-refractivity contribution in [2.45, 2.75) is 19.8 Å². The average Bonchev–Trinajstić information content (AvgIpc) is 2.51. The fraction of sp³-hybridized carbons (Fsp3) is 0.250. The molecule has 2 aromatic rings. The van der Waals surface area contributed by atoms with Gasteiger partial charge in [0.25, 0.3) is 0 Å². The van der Waals surface area contributed by atoms with Crippen LogP contribution in [0.2, 0.25) is 0 Å². The maximum Gasteiger partial charge on any atom is 0.224 e. The Bertz CT molecular complexity index is 599. The molecule has 2 rings (SSSR count). The summed E-state index contributed by atoms with van der Waals surface area (Å²) in [5.41, 5.74) is 1.35. The molecule has 0 fully saturated rings. The Morgan fingerprint density at radius 3 is 2.71 bits per heavy atom. The van der Waals surface area contributed by atoms with E-state index in [0.717, 1.165) is 0 Å². The van der Waals surface area contributed by atoms with Crippen LogP contribution in [0.1, 0.15) is 18.9 Å². The first kappa shape index (κ1) is 15.0. The minimum atomic E-state index is -0.190. The molecule has 0 bridgehead atoms. The number of hydrogen-bond donors (Lipinski definition) is 2. The number of hydrogen-bond acceptors (Lipinski definition) is 3. The maximum absolute atomic E-state index is 13.4. The number of amides is 1. The minimum Gasteiger partial charge on any atom is -0.370 e. The molecule has 0 aliphatic heterocycles. The highest BCUT2D eigenvalue weighted by Crippen LogP contribution is 2.11. The van der Waals surface area contributed by atoms with Gasteiger partial charge in [0, 0.05) is 13.0 Å². The van der Waals surface area contributed by atoms with Crippen molar-refractivity contribution < 1.29 is 9.18 Å². The Balaban J connectivity index is 1.84. The van der Waals surface area contributed by atoms with Gasteiger partial charge in [0.05, 0.1) is 11.9 Å². The Morgan fingerprint density at radius 2 is 2.05 bits per heavy atom. The normalized spacial score (nSPS) is 10.2. The van der Waals surface area contributed by atoms with Crippen LogP contribution in [0, 0.1) is 5.82 Å². The number of carbonyl (C=O) groups excluding carboxylic acids is 1. The summed E-state index contributed by atoms with van der Waals surface area (Å²) in [7, 11) is 0. The molecule has 2 N–H and O–H groups in total. The predicted molar refractivity (Wildman–Crippen MR) is 81.8 cm³/mol. The van der Waals surface area contributed by atoms with Gasteiger partial charge in [-0.05, 0) is 30.2 Å². The SMILES string of the molecule is CCC(=O)Nc1ccc(NCCc2ccccc2F)nc1. The summed E-state index contributed by atoms with van der Waals surface area (Å²) in [4.78, 5) is 15.4. The van der Waals surface area contributed by atoms with E-state index in [1.54, 1.807) is 37.4 Å².